The Morgan fingerprint density at radius 3 is 2.94 bits per heavy atom. The van der Waals surface area contributed by atoms with Gasteiger partial charge in [-0.1, -0.05) is 13.3 Å². The van der Waals surface area contributed by atoms with Crippen LogP contribution in [0.15, 0.2) is 12.3 Å². The minimum absolute atomic E-state index is 0.255. The number of carbonyl (C=O) groups is 1. The fourth-order valence-corrected chi connectivity index (χ4v) is 1.66. The number of rotatable bonds is 4. The largest absolute Gasteiger partial charge is 0.461 e. The van der Waals surface area contributed by atoms with E-state index in [-0.39, 0.29) is 5.69 Å². The zero-order chi connectivity index (χ0) is 12.3. The third-order valence-electron chi connectivity index (χ3n) is 2.36. The number of carbonyl (C=O) groups excluding carboxylic acids is 1. The summed E-state index contributed by atoms with van der Waals surface area (Å²) >= 11 is 0. The standard InChI is InChI=1S/C11H14N4O2/c1-3-5-8-10(11(16)17-4-2)14-13-9-6-7-12-15(8)9/h6-7H,3-5H2,1-2H3. The molecular formula is C11H14N4O2. The quantitative estimate of drug-likeness (QED) is 0.745. The van der Waals surface area contributed by atoms with Gasteiger partial charge in [0.15, 0.2) is 11.3 Å². The first-order valence-electron chi connectivity index (χ1n) is 5.64. The van der Waals surface area contributed by atoms with Crippen LogP contribution >= 0.6 is 0 Å². The molecule has 6 heteroatoms. The van der Waals surface area contributed by atoms with Gasteiger partial charge < -0.3 is 4.74 Å². The number of hydrogen-bond acceptors (Lipinski definition) is 5. The van der Waals surface area contributed by atoms with Gasteiger partial charge in [0.1, 0.15) is 0 Å². The van der Waals surface area contributed by atoms with Crippen molar-refractivity contribution in [3.8, 4) is 0 Å². The van der Waals surface area contributed by atoms with Crippen molar-refractivity contribution in [1.29, 1.82) is 0 Å². The number of hydrogen-bond donors (Lipinski definition) is 0. The summed E-state index contributed by atoms with van der Waals surface area (Å²) in [5.41, 5.74) is 1.65. The van der Waals surface area contributed by atoms with Gasteiger partial charge in [0.05, 0.1) is 18.5 Å². The number of esters is 1. The molecule has 0 radical (unpaired) electrons. The van der Waals surface area contributed by atoms with E-state index in [9.17, 15) is 4.79 Å². The summed E-state index contributed by atoms with van der Waals surface area (Å²) < 4.78 is 6.60. The molecule has 0 bridgehead atoms. The first kappa shape index (κ1) is 11.5. The van der Waals surface area contributed by atoms with Crippen LogP contribution in [0.5, 0.6) is 0 Å². The maximum Gasteiger partial charge on any atom is 0.360 e. The molecule has 0 amide bonds. The fourth-order valence-electron chi connectivity index (χ4n) is 1.66. The summed E-state index contributed by atoms with van der Waals surface area (Å²) in [4.78, 5) is 11.7. The Morgan fingerprint density at radius 1 is 1.41 bits per heavy atom. The van der Waals surface area contributed by atoms with Crippen molar-refractivity contribution < 1.29 is 9.53 Å². The highest BCUT2D eigenvalue weighted by molar-refractivity contribution is 5.88. The van der Waals surface area contributed by atoms with Gasteiger partial charge in [-0.2, -0.15) is 5.10 Å². The van der Waals surface area contributed by atoms with Gasteiger partial charge >= 0.3 is 5.97 Å². The summed E-state index contributed by atoms with van der Waals surface area (Å²) in [6.07, 6.45) is 3.24. The van der Waals surface area contributed by atoms with Gasteiger partial charge in [0.2, 0.25) is 0 Å². The molecule has 0 aromatic carbocycles. The van der Waals surface area contributed by atoms with Crippen molar-refractivity contribution in [3.05, 3.63) is 23.7 Å². The normalized spacial score (nSPS) is 10.7. The van der Waals surface area contributed by atoms with Gasteiger partial charge in [0, 0.05) is 6.07 Å². The van der Waals surface area contributed by atoms with Crippen LogP contribution in [0.4, 0.5) is 0 Å². The molecule has 0 aliphatic rings. The van der Waals surface area contributed by atoms with E-state index < -0.39 is 5.97 Å². The SMILES string of the molecule is CCCc1c(C(=O)OCC)nnc2ccnn12. The van der Waals surface area contributed by atoms with Gasteiger partial charge in [-0.15, -0.1) is 10.2 Å². The first-order chi connectivity index (χ1) is 8.27. The Labute approximate surface area is 98.6 Å². The van der Waals surface area contributed by atoms with Gasteiger partial charge in [-0.25, -0.2) is 9.31 Å². The summed E-state index contributed by atoms with van der Waals surface area (Å²) in [5.74, 6) is -0.444. The molecule has 0 aliphatic carbocycles. The molecule has 0 atom stereocenters. The van der Waals surface area contributed by atoms with E-state index in [0.29, 0.717) is 18.7 Å². The minimum Gasteiger partial charge on any atom is -0.461 e. The van der Waals surface area contributed by atoms with Crippen LogP contribution in [-0.4, -0.2) is 32.4 Å². The molecule has 2 heterocycles. The van der Waals surface area contributed by atoms with Crippen LogP contribution in [0, 0.1) is 0 Å². The third-order valence-corrected chi connectivity index (χ3v) is 2.36. The van der Waals surface area contributed by atoms with Crippen LogP contribution in [0.25, 0.3) is 5.65 Å². The summed E-state index contributed by atoms with van der Waals surface area (Å²) in [6.45, 7) is 4.12. The number of aryl methyl sites for hydroxylation is 1. The molecule has 0 aliphatic heterocycles. The number of ether oxygens (including phenoxy) is 1. The Balaban J connectivity index is 2.53. The van der Waals surface area contributed by atoms with Gasteiger partial charge in [-0.3, -0.25) is 0 Å². The Hall–Kier alpha value is -1.98. The molecule has 0 saturated carbocycles. The maximum absolute atomic E-state index is 11.7. The molecule has 0 spiro atoms. The second-order valence-corrected chi connectivity index (χ2v) is 3.57. The van der Waals surface area contributed by atoms with Crippen molar-refractivity contribution >= 4 is 11.6 Å². The summed E-state index contributed by atoms with van der Waals surface area (Å²) in [5, 5.41) is 12.0. The monoisotopic (exact) mass is 234 g/mol. The Bertz CT molecular complexity index is 535. The lowest BCUT2D eigenvalue weighted by atomic mass is 10.2. The highest BCUT2D eigenvalue weighted by atomic mass is 16.5. The smallest absolute Gasteiger partial charge is 0.360 e. The van der Waals surface area contributed by atoms with Gasteiger partial charge in [-0.05, 0) is 13.3 Å². The van der Waals surface area contributed by atoms with E-state index in [1.54, 1.807) is 23.7 Å². The van der Waals surface area contributed by atoms with Crippen molar-refractivity contribution in [2.45, 2.75) is 26.7 Å². The number of fused-ring (bicyclic) bond motifs is 1. The second-order valence-electron chi connectivity index (χ2n) is 3.57. The average molecular weight is 234 g/mol. The summed E-state index contributed by atoms with van der Waals surface area (Å²) in [6, 6.07) is 1.75. The summed E-state index contributed by atoms with van der Waals surface area (Å²) in [7, 11) is 0. The van der Waals surface area contributed by atoms with Crippen molar-refractivity contribution in [1.82, 2.24) is 19.8 Å². The number of nitrogens with zero attached hydrogens (tertiary/aromatic N) is 4. The van der Waals surface area contributed by atoms with E-state index in [2.05, 4.69) is 15.3 Å². The van der Waals surface area contributed by atoms with Crippen molar-refractivity contribution in [3.63, 3.8) is 0 Å². The zero-order valence-electron chi connectivity index (χ0n) is 9.88. The topological polar surface area (TPSA) is 69.4 Å². The molecule has 0 fully saturated rings. The van der Waals surface area contributed by atoms with Crippen LogP contribution in [0.1, 0.15) is 36.5 Å². The van der Waals surface area contributed by atoms with Crippen molar-refractivity contribution in [2.75, 3.05) is 6.61 Å². The predicted molar refractivity (Wildman–Crippen MR) is 60.7 cm³/mol. The van der Waals surface area contributed by atoms with E-state index in [4.69, 9.17) is 4.74 Å². The molecule has 0 saturated heterocycles. The fraction of sp³-hybridized carbons (Fsp3) is 0.455. The molecule has 2 aromatic rings. The van der Waals surface area contributed by atoms with Crippen LogP contribution in [0.2, 0.25) is 0 Å². The highest BCUT2D eigenvalue weighted by Gasteiger charge is 2.18. The molecule has 0 unspecified atom stereocenters. The molecule has 2 rings (SSSR count). The lowest BCUT2D eigenvalue weighted by Gasteiger charge is -2.07. The lowest BCUT2D eigenvalue weighted by Crippen LogP contribution is -2.16. The van der Waals surface area contributed by atoms with E-state index in [1.807, 2.05) is 6.92 Å². The third kappa shape index (κ3) is 2.11. The van der Waals surface area contributed by atoms with Crippen molar-refractivity contribution in [2.24, 2.45) is 0 Å². The van der Waals surface area contributed by atoms with E-state index >= 15 is 0 Å². The average Bonchev–Trinajstić information content (AvgIpc) is 2.78. The molecule has 0 N–H and O–H groups in total. The second kappa shape index (κ2) is 4.90. The molecule has 2 aromatic heterocycles. The van der Waals surface area contributed by atoms with Gasteiger partial charge in [0.25, 0.3) is 0 Å². The molecule has 90 valence electrons. The Morgan fingerprint density at radius 2 is 2.24 bits per heavy atom. The first-order valence-corrected chi connectivity index (χ1v) is 5.64. The molecular weight excluding hydrogens is 220 g/mol. The lowest BCUT2D eigenvalue weighted by molar-refractivity contribution is 0.0515. The van der Waals surface area contributed by atoms with E-state index in [0.717, 1.165) is 12.1 Å². The molecule has 17 heavy (non-hydrogen) atoms. The minimum atomic E-state index is -0.444. The van der Waals surface area contributed by atoms with E-state index in [1.165, 1.54) is 0 Å². The predicted octanol–water partition coefficient (Wildman–Crippen LogP) is 1.25. The maximum atomic E-state index is 11.7. The van der Waals surface area contributed by atoms with Crippen LogP contribution < -0.4 is 0 Å². The molecule has 6 nitrogen and oxygen atoms in total. The Kier molecular flexibility index (Phi) is 3.32. The zero-order valence-corrected chi connectivity index (χ0v) is 9.88. The highest BCUT2D eigenvalue weighted by Crippen LogP contribution is 2.11. The van der Waals surface area contributed by atoms with Crippen LogP contribution in [0.3, 0.4) is 0 Å². The number of aromatic nitrogens is 4. The van der Waals surface area contributed by atoms with Crippen LogP contribution in [-0.2, 0) is 11.2 Å².